The van der Waals surface area contributed by atoms with E-state index in [1.807, 2.05) is 0 Å². The molecule has 19 heavy (non-hydrogen) atoms. The van der Waals surface area contributed by atoms with Crippen LogP contribution in [0.3, 0.4) is 0 Å². The maximum absolute atomic E-state index is 12.0. The normalized spacial score (nSPS) is 11.6. The summed E-state index contributed by atoms with van der Waals surface area (Å²) >= 11 is 5.74. The molecule has 0 atom stereocenters. The van der Waals surface area contributed by atoms with Gasteiger partial charge in [0, 0.05) is 13.0 Å². The Hall–Kier alpha value is -1.64. The van der Waals surface area contributed by atoms with Crippen molar-refractivity contribution in [3.63, 3.8) is 0 Å². The van der Waals surface area contributed by atoms with Gasteiger partial charge < -0.3 is 5.73 Å². The summed E-state index contributed by atoms with van der Waals surface area (Å²) in [5.74, 6) is 0.610. The van der Waals surface area contributed by atoms with Crippen molar-refractivity contribution in [2.75, 3.05) is 12.3 Å². The zero-order valence-corrected chi connectivity index (χ0v) is 11.4. The molecule has 9 heteroatoms. The van der Waals surface area contributed by atoms with E-state index in [9.17, 15) is 8.42 Å². The number of aromatic nitrogens is 3. The van der Waals surface area contributed by atoms with Crippen molar-refractivity contribution < 1.29 is 8.42 Å². The number of H-pyrrole nitrogens is 1. The molecular weight excluding hydrogens is 290 g/mol. The van der Waals surface area contributed by atoms with Crippen LogP contribution in [-0.2, 0) is 16.4 Å². The number of hydrogen-bond donors (Lipinski definition) is 3. The Labute approximate surface area is 115 Å². The molecule has 0 saturated carbocycles. The molecule has 0 aliphatic rings. The van der Waals surface area contributed by atoms with Crippen LogP contribution in [0.1, 0.15) is 5.82 Å². The lowest BCUT2D eigenvalue weighted by Gasteiger charge is -2.07. The summed E-state index contributed by atoms with van der Waals surface area (Å²) in [6.45, 7) is 0.208. The summed E-state index contributed by atoms with van der Waals surface area (Å²) in [5, 5.41) is 6.64. The van der Waals surface area contributed by atoms with E-state index in [1.165, 1.54) is 24.5 Å². The van der Waals surface area contributed by atoms with E-state index < -0.39 is 10.0 Å². The van der Waals surface area contributed by atoms with Gasteiger partial charge in [0.05, 0.1) is 15.6 Å². The molecule has 0 aliphatic carbocycles. The zero-order chi connectivity index (χ0) is 13.9. The molecule has 0 fully saturated rings. The number of halogens is 1. The average Bonchev–Trinajstić information content (AvgIpc) is 2.85. The second-order valence-electron chi connectivity index (χ2n) is 3.76. The first kappa shape index (κ1) is 13.8. The molecule has 2 aromatic rings. The maximum atomic E-state index is 12.0. The highest BCUT2D eigenvalue weighted by Crippen LogP contribution is 2.21. The van der Waals surface area contributed by atoms with Crippen LogP contribution >= 0.6 is 11.6 Å². The summed E-state index contributed by atoms with van der Waals surface area (Å²) in [4.78, 5) is 3.97. The highest BCUT2D eigenvalue weighted by molar-refractivity contribution is 7.89. The Morgan fingerprint density at radius 3 is 2.84 bits per heavy atom. The first-order chi connectivity index (χ1) is 8.99. The maximum Gasteiger partial charge on any atom is 0.240 e. The summed E-state index contributed by atoms with van der Waals surface area (Å²) in [7, 11) is -3.60. The molecule has 2 rings (SSSR count). The van der Waals surface area contributed by atoms with E-state index in [4.69, 9.17) is 17.3 Å². The Morgan fingerprint density at radius 1 is 1.42 bits per heavy atom. The third-order valence-corrected chi connectivity index (χ3v) is 4.20. The first-order valence-electron chi connectivity index (χ1n) is 5.38. The number of nitrogens with two attached hydrogens (primary N) is 1. The molecule has 0 amide bonds. The molecule has 4 N–H and O–H groups in total. The van der Waals surface area contributed by atoms with Crippen LogP contribution in [0.15, 0.2) is 29.4 Å². The van der Waals surface area contributed by atoms with E-state index in [-0.39, 0.29) is 17.1 Å². The Balaban J connectivity index is 2.03. The second-order valence-corrected chi connectivity index (χ2v) is 5.94. The lowest BCUT2D eigenvalue weighted by Crippen LogP contribution is -2.26. The van der Waals surface area contributed by atoms with Crippen molar-refractivity contribution in [1.82, 2.24) is 19.9 Å². The van der Waals surface area contributed by atoms with Gasteiger partial charge in [0.15, 0.2) is 0 Å². The van der Waals surface area contributed by atoms with Gasteiger partial charge in [-0.3, -0.25) is 5.10 Å². The van der Waals surface area contributed by atoms with Crippen molar-refractivity contribution in [1.29, 1.82) is 0 Å². The van der Waals surface area contributed by atoms with Crippen molar-refractivity contribution in [3.05, 3.63) is 35.4 Å². The van der Waals surface area contributed by atoms with Gasteiger partial charge in [-0.1, -0.05) is 11.6 Å². The quantitative estimate of drug-likeness (QED) is 0.698. The fourth-order valence-corrected chi connectivity index (χ4v) is 2.61. The number of rotatable bonds is 5. The van der Waals surface area contributed by atoms with E-state index in [0.717, 1.165) is 0 Å². The standard InChI is InChI=1S/C10H12ClN5O2S/c11-8-2-1-7(5-9(8)12)19(17,18)15-4-3-10-13-6-14-16-10/h1-2,5-6,15H,3-4,12H2,(H,13,14,16). The fraction of sp³-hybridized carbons (Fsp3) is 0.200. The largest absolute Gasteiger partial charge is 0.397 e. The monoisotopic (exact) mass is 301 g/mol. The third-order valence-electron chi connectivity index (χ3n) is 2.40. The van der Waals surface area contributed by atoms with Crippen LogP contribution < -0.4 is 10.5 Å². The SMILES string of the molecule is Nc1cc(S(=O)(=O)NCCc2ncn[nH]2)ccc1Cl. The summed E-state index contributed by atoms with van der Waals surface area (Å²) in [6, 6.07) is 4.16. The Kier molecular flexibility index (Phi) is 4.03. The predicted molar refractivity (Wildman–Crippen MR) is 71.1 cm³/mol. The predicted octanol–water partition coefficient (Wildman–Crippen LogP) is 0.561. The van der Waals surface area contributed by atoms with Gasteiger partial charge >= 0.3 is 0 Å². The molecule has 0 aliphatic heterocycles. The number of nitrogens with one attached hydrogen (secondary N) is 2. The van der Waals surface area contributed by atoms with Crippen molar-refractivity contribution in [2.24, 2.45) is 0 Å². The average molecular weight is 302 g/mol. The minimum atomic E-state index is -3.60. The number of aromatic amines is 1. The van der Waals surface area contributed by atoms with Crippen LogP contribution in [-0.4, -0.2) is 30.1 Å². The van der Waals surface area contributed by atoms with Crippen LogP contribution in [0, 0.1) is 0 Å². The van der Waals surface area contributed by atoms with Gasteiger partial charge in [0.25, 0.3) is 0 Å². The highest BCUT2D eigenvalue weighted by atomic mass is 35.5. The van der Waals surface area contributed by atoms with Crippen LogP contribution in [0.2, 0.25) is 5.02 Å². The number of hydrogen-bond acceptors (Lipinski definition) is 5. The lowest BCUT2D eigenvalue weighted by atomic mass is 10.3. The van der Waals surface area contributed by atoms with E-state index >= 15 is 0 Å². The van der Waals surface area contributed by atoms with E-state index in [1.54, 1.807) is 0 Å². The lowest BCUT2D eigenvalue weighted by molar-refractivity contribution is 0.581. The molecule has 0 radical (unpaired) electrons. The van der Waals surface area contributed by atoms with Crippen LogP contribution in [0.5, 0.6) is 0 Å². The fourth-order valence-electron chi connectivity index (χ4n) is 1.43. The smallest absolute Gasteiger partial charge is 0.240 e. The summed E-state index contributed by atoms with van der Waals surface area (Å²) in [5.41, 5.74) is 5.80. The minimum Gasteiger partial charge on any atom is -0.397 e. The number of anilines is 1. The van der Waals surface area contributed by atoms with Gasteiger partial charge in [-0.05, 0) is 18.2 Å². The van der Waals surface area contributed by atoms with Crippen molar-refractivity contribution in [3.8, 4) is 0 Å². The molecule has 0 spiro atoms. The number of nitrogen functional groups attached to an aromatic ring is 1. The van der Waals surface area contributed by atoms with Crippen LogP contribution in [0.25, 0.3) is 0 Å². The van der Waals surface area contributed by atoms with E-state index in [0.29, 0.717) is 17.3 Å². The molecule has 0 unspecified atom stereocenters. The number of nitrogens with zero attached hydrogens (tertiary/aromatic N) is 2. The Morgan fingerprint density at radius 2 is 2.21 bits per heavy atom. The summed E-state index contributed by atoms with van der Waals surface area (Å²) in [6.07, 6.45) is 1.78. The first-order valence-corrected chi connectivity index (χ1v) is 7.24. The molecular formula is C10H12ClN5O2S. The van der Waals surface area contributed by atoms with Gasteiger partial charge in [-0.15, -0.1) is 0 Å². The van der Waals surface area contributed by atoms with Gasteiger partial charge in [-0.25, -0.2) is 18.1 Å². The van der Waals surface area contributed by atoms with Gasteiger partial charge in [-0.2, -0.15) is 5.10 Å². The van der Waals surface area contributed by atoms with Gasteiger partial charge in [0.2, 0.25) is 10.0 Å². The highest BCUT2D eigenvalue weighted by Gasteiger charge is 2.14. The van der Waals surface area contributed by atoms with Crippen molar-refractivity contribution in [2.45, 2.75) is 11.3 Å². The van der Waals surface area contributed by atoms with Crippen molar-refractivity contribution >= 4 is 27.3 Å². The summed E-state index contributed by atoms with van der Waals surface area (Å²) < 4.78 is 26.4. The van der Waals surface area contributed by atoms with Gasteiger partial charge in [0.1, 0.15) is 12.2 Å². The molecule has 0 saturated heterocycles. The molecule has 1 aromatic carbocycles. The topological polar surface area (TPSA) is 114 Å². The Bertz CT molecular complexity index is 657. The molecule has 1 heterocycles. The number of benzene rings is 1. The molecule has 1 aromatic heterocycles. The molecule has 102 valence electrons. The van der Waals surface area contributed by atoms with Crippen LogP contribution in [0.4, 0.5) is 5.69 Å². The number of sulfonamides is 1. The molecule has 7 nitrogen and oxygen atoms in total. The third kappa shape index (κ3) is 3.43. The van der Waals surface area contributed by atoms with E-state index in [2.05, 4.69) is 19.9 Å². The second kappa shape index (κ2) is 5.55. The zero-order valence-electron chi connectivity index (χ0n) is 9.80. The minimum absolute atomic E-state index is 0.0759. The molecule has 0 bridgehead atoms.